The molecule has 1 amide bonds. The van der Waals surface area contributed by atoms with E-state index in [4.69, 9.17) is 14.2 Å². The summed E-state index contributed by atoms with van der Waals surface area (Å²) >= 11 is 0. The minimum atomic E-state index is -0.918. The van der Waals surface area contributed by atoms with Crippen molar-refractivity contribution in [2.75, 3.05) is 21.3 Å². The van der Waals surface area contributed by atoms with Crippen LogP contribution in [0.2, 0.25) is 0 Å². The molecule has 1 rings (SSSR count). The molecule has 0 aliphatic heterocycles. The number of methoxy groups -OCH3 is 3. The molecule has 7 nitrogen and oxygen atoms in total. The molecule has 0 unspecified atom stereocenters. The summed E-state index contributed by atoms with van der Waals surface area (Å²) < 4.78 is 19.7. The van der Waals surface area contributed by atoms with Crippen LogP contribution in [-0.2, 0) is 30.3 Å². The van der Waals surface area contributed by atoms with E-state index in [9.17, 15) is 9.59 Å². The van der Waals surface area contributed by atoms with Crippen molar-refractivity contribution in [2.24, 2.45) is 0 Å². The summed E-state index contributed by atoms with van der Waals surface area (Å²) in [6, 6.07) is 8.30. The Morgan fingerprint density at radius 3 is 2.27 bits per heavy atom. The third-order valence-corrected chi connectivity index (χ3v) is 2.94. The van der Waals surface area contributed by atoms with Gasteiger partial charge in [0.15, 0.2) is 6.29 Å². The van der Waals surface area contributed by atoms with Crippen molar-refractivity contribution in [1.82, 2.24) is 5.32 Å². The first kappa shape index (κ1) is 17.9. The van der Waals surface area contributed by atoms with E-state index in [0.29, 0.717) is 0 Å². The standard InChI is InChI=1S/C15H21NO6/c1-19-13(20-2)9-12(14(17)21-3)16-15(18)22-10-11-7-5-4-6-8-11/h4-8,12-13H,9-10H2,1-3H3,(H,16,18)/t12-/m0/s1. The van der Waals surface area contributed by atoms with Gasteiger partial charge in [-0.3, -0.25) is 0 Å². The zero-order valence-corrected chi connectivity index (χ0v) is 12.9. The first-order valence-corrected chi connectivity index (χ1v) is 6.71. The van der Waals surface area contributed by atoms with Gasteiger partial charge in [-0.05, 0) is 5.56 Å². The molecule has 22 heavy (non-hydrogen) atoms. The third kappa shape index (κ3) is 6.11. The van der Waals surface area contributed by atoms with Crippen LogP contribution in [0.5, 0.6) is 0 Å². The highest BCUT2D eigenvalue weighted by molar-refractivity contribution is 5.81. The maximum absolute atomic E-state index is 11.8. The van der Waals surface area contributed by atoms with E-state index in [0.717, 1.165) is 5.56 Å². The number of hydrogen-bond acceptors (Lipinski definition) is 6. The number of amides is 1. The highest BCUT2D eigenvalue weighted by Crippen LogP contribution is 2.06. The monoisotopic (exact) mass is 311 g/mol. The van der Waals surface area contributed by atoms with Gasteiger partial charge in [-0.2, -0.15) is 0 Å². The van der Waals surface area contributed by atoms with Crippen molar-refractivity contribution in [3.63, 3.8) is 0 Å². The summed E-state index contributed by atoms with van der Waals surface area (Å²) in [6.07, 6.45) is -1.25. The lowest BCUT2D eigenvalue weighted by molar-refractivity contribution is -0.149. The Kier molecular flexibility index (Phi) is 7.95. The molecule has 1 atom stereocenters. The normalized spacial score (nSPS) is 11.8. The van der Waals surface area contributed by atoms with Crippen molar-refractivity contribution >= 4 is 12.1 Å². The molecular weight excluding hydrogens is 290 g/mol. The smallest absolute Gasteiger partial charge is 0.408 e. The molecule has 7 heteroatoms. The van der Waals surface area contributed by atoms with Crippen LogP contribution < -0.4 is 5.32 Å². The Morgan fingerprint density at radius 1 is 1.09 bits per heavy atom. The first-order valence-electron chi connectivity index (χ1n) is 6.71. The topological polar surface area (TPSA) is 83.1 Å². The van der Waals surface area contributed by atoms with Gasteiger partial charge < -0.3 is 24.3 Å². The molecule has 0 aliphatic carbocycles. The van der Waals surface area contributed by atoms with Gasteiger partial charge in [0.2, 0.25) is 0 Å². The van der Waals surface area contributed by atoms with E-state index >= 15 is 0 Å². The van der Waals surface area contributed by atoms with E-state index in [1.165, 1.54) is 21.3 Å². The van der Waals surface area contributed by atoms with Crippen LogP contribution in [0, 0.1) is 0 Å². The number of nitrogens with one attached hydrogen (secondary N) is 1. The Morgan fingerprint density at radius 2 is 1.73 bits per heavy atom. The maximum atomic E-state index is 11.8. The third-order valence-electron chi connectivity index (χ3n) is 2.94. The number of rotatable bonds is 8. The minimum Gasteiger partial charge on any atom is -0.467 e. The molecule has 0 saturated carbocycles. The Hall–Kier alpha value is -2.12. The van der Waals surface area contributed by atoms with Crippen molar-refractivity contribution in [3.05, 3.63) is 35.9 Å². The number of alkyl carbamates (subject to hydrolysis) is 1. The Bertz CT molecular complexity index is 460. The predicted molar refractivity (Wildman–Crippen MR) is 78.0 cm³/mol. The Labute approximate surface area is 129 Å². The van der Waals surface area contributed by atoms with E-state index < -0.39 is 24.4 Å². The van der Waals surface area contributed by atoms with Crippen LogP contribution in [0.4, 0.5) is 4.79 Å². The van der Waals surface area contributed by atoms with Gasteiger partial charge in [0, 0.05) is 20.6 Å². The van der Waals surface area contributed by atoms with E-state index in [2.05, 4.69) is 10.1 Å². The van der Waals surface area contributed by atoms with Crippen LogP contribution in [0.3, 0.4) is 0 Å². The summed E-state index contributed by atoms with van der Waals surface area (Å²) in [5.74, 6) is -0.601. The van der Waals surface area contributed by atoms with Crippen LogP contribution in [0.15, 0.2) is 30.3 Å². The summed E-state index contributed by atoms with van der Waals surface area (Å²) in [7, 11) is 4.12. The van der Waals surface area contributed by atoms with Crippen molar-refractivity contribution in [1.29, 1.82) is 0 Å². The van der Waals surface area contributed by atoms with Gasteiger partial charge in [-0.15, -0.1) is 0 Å². The highest BCUT2D eigenvalue weighted by atomic mass is 16.7. The molecule has 0 fully saturated rings. The van der Waals surface area contributed by atoms with Crippen molar-refractivity contribution < 1.29 is 28.5 Å². The largest absolute Gasteiger partial charge is 0.467 e. The van der Waals surface area contributed by atoms with E-state index in [-0.39, 0.29) is 13.0 Å². The maximum Gasteiger partial charge on any atom is 0.408 e. The quantitative estimate of drug-likeness (QED) is 0.578. The molecule has 0 saturated heterocycles. The van der Waals surface area contributed by atoms with Gasteiger partial charge in [0.25, 0.3) is 0 Å². The second-order valence-electron chi connectivity index (χ2n) is 4.42. The van der Waals surface area contributed by atoms with Crippen molar-refractivity contribution in [3.8, 4) is 0 Å². The molecule has 0 radical (unpaired) electrons. The molecule has 0 bridgehead atoms. The summed E-state index contributed by atoms with van der Waals surface area (Å²) in [4.78, 5) is 23.5. The molecule has 0 heterocycles. The molecule has 1 aromatic carbocycles. The number of esters is 1. The van der Waals surface area contributed by atoms with Crippen LogP contribution in [-0.4, -0.2) is 45.7 Å². The lowest BCUT2D eigenvalue weighted by Gasteiger charge is -2.20. The van der Waals surface area contributed by atoms with Crippen LogP contribution >= 0.6 is 0 Å². The minimum absolute atomic E-state index is 0.110. The van der Waals surface area contributed by atoms with Gasteiger partial charge >= 0.3 is 12.1 Å². The molecule has 1 aromatic rings. The van der Waals surface area contributed by atoms with E-state index in [1.54, 1.807) is 0 Å². The highest BCUT2D eigenvalue weighted by Gasteiger charge is 2.26. The fourth-order valence-electron chi connectivity index (χ4n) is 1.74. The summed E-state index contributed by atoms with van der Waals surface area (Å²) in [6.45, 7) is 0.110. The van der Waals surface area contributed by atoms with Gasteiger partial charge in [0.1, 0.15) is 12.6 Å². The average molecular weight is 311 g/mol. The average Bonchev–Trinajstić information content (AvgIpc) is 2.56. The number of carbonyl (C=O) groups is 2. The summed E-state index contributed by atoms with van der Waals surface area (Å²) in [5.41, 5.74) is 0.846. The van der Waals surface area contributed by atoms with Crippen LogP contribution in [0.25, 0.3) is 0 Å². The van der Waals surface area contributed by atoms with Crippen molar-refractivity contribution in [2.45, 2.75) is 25.4 Å². The first-order chi connectivity index (χ1) is 10.6. The molecule has 0 spiro atoms. The SMILES string of the molecule is COC(=O)[C@H](CC(OC)OC)NC(=O)OCc1ccccc1. The Balaban J connectivity index is 2.53. The predicted octanol–water partition coefficient (Wildman–Crippen LogP) is 1.46. The molecular formula is C15H21NO6. The molecule has 1 N–H and O–H groups in total. The fraction of sp³-hybridized carbons (Fsp3) is 0.467. The lowest BCUT2D eigenvalue weighted by Crippen LogP contribution is -2.44. The number of hydrogen-bond donors (Lipinski definition) is 1. The second kappa shape index (κ2) is 9.75. The molecule has 122 valence electrons. The lowest BCUT2D eigenvalue weighted by atomic mass is 10.2. The van der Waals surface area contributed by atoms with E-state index in [1.807, 2.05) is 30.3 Å². The molecule has 0 aliphatic rings. The number of benzene rings is 1. The zero-order chi connectivity index (χ0) is 16.4. The summed E-state index contributed by atoms with van der Waals surface area (Å²) in [5, 5.41) is 2.44. The fourth-order valence-corrected chi connectivity index (χ4v) is 1.74. The second-order valence-corrected chi connectivity index (χ2v) is 4.42. The number of carbonyl (C=O) groups excluding carboxylic acids is 2. The zero-order valence-electron chi connectivity index (χ0n) is 12.9. The molecule has 0 aromatic heterocycles. The van der Waals surface area contributed by atoms with Crippen LogP contribution in [0.1, 0.15) is 12.0 Å². The number of ether oxygens (including phenoxy) is 4. The van der Waals surface area contributed by atoms with Gasteiger partial charge in [0.05, 0.1) is 7.11 Å². The van der Waals surface area contributed by atoms with Gasteiger partial charge in [-0.25, -0.2) is 9.59 Å². The van der Waals surface area contributed by atoms with Gasteiger partial charge in [-0.1, -0.05) is 30.3 Å².